The third-order valence-corrected chi connectivity index (χ3v) is 11.5. The van der Waals surface area contributed by atoms with Crippen LogP contribution < -0.4 is 5.32 Å². The topological polar surface area (TPSA) is 67.2 Å². The van der Waals surface area contributed by atoms with E-state index in [0.29, 0.717) is 22.2 Å². The number of benzene rings is 4. The maximum absolute atomic E-state index is 15.3. The summed E-state index contributed by atoms with van der Waals surface area (Å²) >= 11 is 6.51. The first-order valence-electron chi connectivity index (χ1n) is 16.8. The summed E-state index contributed by atoms with van der Waals surface area (Å²) in [5, 5.41) is 9.01. The van der Waals surface area contributed by atoms with E-state index in [1.54, 1.807) is 0 Å². The predicted octanol–water partition coefficient (Wildman–Crippen LogP) is 8.27. The highest BCUT2D eigenvalue weighted by atomic mass is 35.5. The van der Waals surface area contributed by atoms with Gasteiger partial charge >= 0.3 is 0 Å². The molecule has 1 amide bonds. The Labute approximate surface area is 279 Å². The van der Waals surface area contributed by atoms with Crippen molar-refractivity contribution >= 4 is 29.0 Å². The van der Waals surface area contributed by atoms with E-state index in [2.05, 4.69) is 40.7 Å². The van der Waals surface area contributed by atoms with Gasteiger partial charge in [-0.25, -0.2) is 4.68 Å². The Morgan fingerprint density at radius 3 is 2.32 bits per heavy atom. The first kappa shape index (κ1) is 28.7. The first-order chi connectivity index (χ1) is 23.1. The second-order valence-corrected chi connectivity index (χ2v) is 14.0. The number of Topliss-reactive ketones (excluding diaryl/α,β-unsaturated/α-hetero) is 1. The van der Waals surface area contributed by atoms with Crippen LogP contribution in [0.25, 0.3) is 16.9 Å². The zero-order valence-electron chi connectivity index (χ0n) is 25.9. The van der Waals surface area contributed by atoms with Crippen LogP contribution in [0.5, 0.6) is 0 Å². The van der Waals surface area contributed by atoms with Gasteiger partial charge in [-0.05, 0) is 49.4 Å². The molecule has 6 atom stereocenters. The summed E-state index contributed by atoms with van der Waals surface area (Å²) in [6.45, 7) is 0. The van der Waals surface area contributed by atoms with Gasteiger partial charge in [0.25, 0.3) is 0 Å². The minimum absolute atomic E-state index is 0.0122. The smallest absolute Gasteiger partial charge is 0.250 e. The highest BCUT2D eigenvalue weighted by Gasteiger charge is 2.72. The Morgan fingerprint density at radius 2 is 1.55 bits per heavy atom. The molecule has 1 spiro atoms. The first-order valence-corrected chi connectivity index (χ1v) is 17.1. The molecule has 7 heteroatoms. The normalized spacial score (nSPS) is 27.8. The van der Waals surface area contributed by atoms with Gasteiger partial charge in [0, 0.05) is 57.2 Å². The maximum Gasteiger partial charge on any atom is 0.250 e. The molecule has 4 heterocycles. The summed E-state index contributed by atoms with van der Waals surface area (Å²) < 4.78 is 1.95. The van der Waals surface area contributed by atoms with Gasteiger partial charge < -0.3 is 5.32 Å². The number of para-hydroxylation sites is 1. The van der Waals surface area contributed by atoms with Crippen molar-refractivity contribution in [2.75, 3.05) is 5.32 Å². The highest BCUT2D eigenvalue weighted by molar-refractivity contribution is 6.31. The second-order valence-electron chi connectivity index (χ2n) is 13.5. The summed E-state index contributed by atoms with van der Waals surface area (Å²) in [7, 11) is 0. The molecule has 0 radical (unpaired) electrons. The van der Waals surface area contributed by atoms with Crippen LogP contribution in [0.4, 0.5) is 5.69 Å². The van der Waals surface area contributed by atoms with Crippen molar-refractivity contribution in [2.45, 2.75) is 55.6 Å². The Kier molecular flexibility index (Phi) is 6.73. The Balaban J connectivity index is 1.34. The van der Waals surface area contributed by atoms with Gasteiger partial charge in [0.1, 0.15) is 5.54 Å². The van der Waals surface area contributed by atoms with Crippen LogP contribution in [0.15, 0.2) is 115 Å². The van der Waals surface area contributed by atoms with Crippen molar-refractivity contribution in [1.29, 1.82) is 0 Å². The monoisotopic (exact) mass is 638 g/mol. The molecule has 1 saturated carbocycles. The van der Waals surface area contributed by atoms with Crippen LogP contribution in [0.1, 0.15) is 59.5 Å². The summed E-state index contributed by atoms with van der Waals surface area (Å²) in [6.07, 6.45) is 7.55. The largest absolute Gasteiger partial charge is 0.324 e. The number of carbonyl (C=O) groups is 2. The molecule has 1 aliphatic carbocycles. The van der Waals surface area contributed by atoms with E-state index >= 15 is 4.79 Å². The average Bonchev–Trinajstić information content (AvgIpc) is 3.85. The number of aromatic nitrogens is 2. The van der Waals surface area contributed by atoms with E-state index in [-0.39, 0.29) is 29.7 Å². The Hall–Kier alpha value is -4.52. The zero-order chi connectivity index (χ0) is 31.7. The van der Waals surface area contributed by atoms with Crippen LogP contribution >= 0.6 is 11.6 Å². The van der Waals surface area contributed by atoms with Gasteiger partial charge in [-0.1, -0.05) is 109 Å². The number of nitrogens with zero attached hydrogens (tertiary/aromatic N) is 3. The maximum atomic E-state index is 15.3. The van der Waals surface area contributed by atoms with Crippen LogP contribution in [0, 0.1) is 11.8 Å². The lowest BCUT2D eigenvalue weighted by atomic mass is 9.67. The van der Waals surface area contributed by atoms with Gasteiger partial charge in [-0.15, -0.1) is 0 Å². The van der Waals surface area contributed by atoms with Crippen molar-refractivity contribution in [3.8, 4) is 16.9 Å². The molecule has 2 unspecified atom stereocenters. The number of amides is 1. The molecule has 1 aromatic heterocycles. The number of hydrogen-bond donors (Lipinski definition) is 1. The lowest BCUT2D eigenvalue weighted by Gasteiger charge is -2.43. The third kappa shape index (κ3) is 4.24. The van der Waals surface area contributed by atoms with Crippen LogP contribution in [0.3, 0.4) is 0 Å². The Morgan fingerprint density at radius 1 is 0.851 bits per heavy atom. The van der Waals surface area contributed by atoms with E-state index < -0.39 is 11.5 Å². The minimum Gasteiger partial charge on any atom is -0.324 e. The molecule has 5 aromatic rings. The lowest BCUT2D eigenvalue weighted by Crippen LogP contribution is -2.56. The lowest BCUT2D eigenvalue weighted by molar-refractivity contribution is -0.129. The number of nitrogens with one attached hydrogen (secondary N) is 1. The predicted molar refractivity (Wildman–Crippen MR) is 184 cm³/mol. The van der Waals surface area contributed by atoms with E-state index in [0.717, 1.165) is 53.8 Å². The van der Waals surface area contributed by atoms with E-state index in [9.17, 15) is 4.79 Å². The molecule has 47 heavy (non-hydrogen) atoms. The fourth-order valence-corrected chi connectivity index (χ4v) is 9.70. The number of hydrogen-bond acceptors (Lipinski definition) is 4. The molecule has 1 N–H and O–H groups in total. The van der Waals surface area contributed by atoms with Crippen molar-refractivity contribution in [3.05, 3.63) is 137 Å². The van der Waals surface area contributed by atoms with Crippen molar-refractivity contribution in [3.63, 3.8) is 0 Å². The molecule has 9 rings (SSSR count). The molecule has 3 aliphatic heterocycles. The average molecular weight is 639 g/mol. The Bertz CT molecular complexity index is 2000. The molecule has 0 bridgehead atoms. The van der Waals surface area contributed by atoms with Gasteiger partial charge in [-0.2, -0.15) is 5.10 Å². The molecule has 4 aliphatic rings. The molecule has 4 aromatic carbocycles. The second kappa shape index (κ2) is 11.0. The molecular weight excluding hydrogens is 604 g/mol. The molecule has 3 fully saturated rings. The standard InChI is InChI=1S/C40H35ClN4O2/c41-28-20-21-31-32(23-28)42-39(47)40(31)36(38(46)26-14-6-2-7-15-26)35(34-22-27-16-10-11-19-33(27)45(34)40)30-24-44(29-17-8-3-9-18-29)43-37(30)25-12-4-1-5-13-25/h1-9,12-15,17-18,20-21,23-24,27,33-36H,10-11,16,19,22H2,(H,42,47)/t27?,33?,34-,35+,36+,40-/m0/s1. The van der Waals surface area contributed by atoms with Crippen molar-refractivity contribution in [1.82, 2.24) is 14.7 Å². The highest BCUT2D eigenvalue weighted by Crippen LogP contribution is 2.65. The van der Waals surface area contributed by atoms with Gasteiger partial charge in [-0.3, -0.25) is 14.5 Å². The summed E-state index contributed by atoms with van der Waals surface area (Å²) in [5.41, 5.74) is 4.81. The third-order valence-electron chi connectivity index (χ3n) is 11.3. The van der Waals surface area contributed by atoms with Crippen molar-refractivity contribution < 1.29 is 9.59 Å². The molecular formula is C40H35ClN4O2. The van der Waals surface area contributed by atoms with Gasteiger partial charge in [0.05, 0.1) is 17.3 Å². The number of carbonyl (C=O) groups excluding carboxylic acids is 2. The number of rotatable bonds is 5. The quantitative estimate of drug-likeness (QED) is 0.197. The zero-order valence-corrected chi connectivity index (χ0v) is 26.7. The number of anilines is 1. The van der Waals surface area contributed by atoms with E-state index in [4.69, 9.17) is 16.7 Å². The summed E-state index contributed by atoms with van der Waals surface area (Å²) in [6, 6.07) is 35.8. The number of fused-ring (bicyclic) bond motifs is 6. The van der Waals surface area contributed by atoms with Crippen LogP contribution in [0.2, 0.25) is 5.02 Å². The van der Waals surface area contributed by atoms with Crippen molar-refractivity contribution in [2.24, 2.45) is 11.8 Å². The SMILES string of the molecule is O=C(c1ccccc1)[C@H]1[C@H](c2cn(-c3ccccc3)nc2-c2ccccc2)[C@@H]2CC3CCCCC3N2[C@]12C(=O)Nc1cc(Cl)ccc12. The molecule has 6 nitrogen and oxygen atoms in total. The molecule has 234 valence electrons. The minimum atomic E-state index is -1.18. The summed E-state index contributed by atoms with van der Waals surface area (Å²) in [4.78, 5) is 32.7. The fourth-order valence-electron chi connectivity index (χ4n) is 9.53. The number of halogens is 1. The van der Waals surface area contributed by atoms with Crippen LogP contribution in [-0.2, 0) is 10.3 Å². The molecule has 2 saturated heterocycles. The van der Waals surface area contributed by atoms with E-state index in [1.807, 2.05) is 89.6 Å². The van der Waals surface area contributed by atoms with Gasteiger partial charge in [0.2, 0.25) is 5.91 Å². The van der Waals surface area contributed by atoms with Crippen LogP contribution in [-0.4, -0.2) is 38.5 Å². The summed E-state index contributed by atoms with van der Waals surface area (Å²) in [5.74, 6) is -0.639. The number of ketones is 1. The fraction of sp³-hybridized carbons (Fsp3) is 0.275. The van der Waals surface area contributed by atoms with E-state index in [1.165, 1.54) is 6.42 Å². The van der Waals surface area contributed by atoms with Gasteiger partial charge in [0.15, 0.2) is 5.78 Å².